The van der Waals surface area contributed by atoms with Gasteiger partial charge in [-0.1, -0.05) is 19.3 Å². The van der Waals surface area contributed by atoms with Crippen LogP contribution in [0.5, 0.6) is 0 Å². The summed E-state index contributed by atoms with van der Waals surface area (Å²) in [5.74, 6) is -0.737. The Kier molecular flexibility index (Phi) is 7.90. The van der Waals surface area contributed by atoms with Crippen LogP contribution in [0.3, 0.4) is 0 Å². The van der Waals surface area contributed by atoms with Crippen LogP contribution in [0.15, 0.2) is 0 Å². The summed E-state index contributed by atoms with van der Waals surface area (Å²) in [5, 5.41) is 11.6. The molecule has 5 nitrogen and oxygen atoms in total. The van der Waals surface area contributed by atoms with Crippen molar-refractivity contribution in [3.05, 3.63) is 0 Å². The largest absolute Gasteiger partial charge is 0.480 e. The number of carboxylic acid groups (broad SMARTS) is 1. The Bertz CT molecular complexity index is 292. The fraction of sp³-hybridized carbons (Fsp3) is 0.846. The molecule has 1 fully saturated rings. The third kappa shape index (κ3) is 6.82. The van der Waals surface area contributed by atoms with E-state index in [1.54, 1.807) is 0 Å². The molecule has 0 spiro atoms. The van der Waals surface area contributed by atoms with E-state index in [0.717, 1.165) is 25.9 Å². The molecule has 0 aliphatic carbocycles. The molecule has 0 aromatic carbocycles. The maximum atomic E-state index is 11.9. The van der Waals surface area contributed by atoms with E-state index in [4.69, 9.17) is 5.11 Å². The molecule has 0 saturated carbocycles. The number of hydrogen-bond donors (Lipinski definition) is 2. The molecule has 6 heteroatoms. The lowest BCUT2D eigenvalue weighted by atomic mass is 10.1. The summed E-state index contributed by atoms with van der Waals surface area (Å²) in [5.41, 5.74) is 0. The zero-order valence-corrected chi connectivity index (χ0v) is 12.4. The zero-order chi connectivity index (χ0) is 14.1. The Morgan fingerprint density at radius 3 is 2.32 bits per heavy atom. The standard InChI is InChI=1S/C13H24N2O3S/c1-19-10-11(13(17)18)14-12(16)9-15-7-5-3-2-4-6-8-15/h11H,2-10H2,1H3,(H,14,16)(H,17,18)/t11-/m0/s1. The normalized spacial score (nSPS) is 19.2. The highest BCUT2D eigenvalue weighted by Gasteiger charge is 2.20. The molecule has 19 heavy (non-hydrogen) atoms. The number of carbonyl (C=O) groups is 2. The van der Waals surface area contributed by atoms with E-state index in [-0.39, 0.29) is 5.91 Å². The van der Waals surface area contributed by atoms with Crippen LogP contribution in [-0.4, -0.2) is 59.6 Å². The molecular formula is C13H24N2O3S. The van der Waals surface area contributed by atoms with Gasteiger partial charge in [-0.25, -0.2) is 4.79 Å². The molecule has 1 aliphatic rings. The fourth-order valence-corrected chi connectivity index (χ4v) is 2.81. The van der Waals surface area contributed by atoms with E-state index in [2.05, 4.69) is 10.2 Å². The molecule has 1 heterocycles. The van der Waals surface area contributed by atoms with Crippen LogP contribution in [0.2, 0.25) is 0 Å². The first kappa shape index (κ1) is 16.3. The van der Waals surface area contributed by atoms with Gasteiger partial charge in [-0.3, -0.25) is 9.69 Å². The zero-order valence-electron chi connectivity index (χ0n) is 11.6. The summed E-state index contributed by atoms with van der Waals surface area (Å²) in [6, 6.07) is -0.780. The Hall–Kier alpha value is -0.750. The van der Waals surface area contributed by atoms with Gasteiger partial charge in [-0.2, -0.15) is 11.8 Å². The summed E-state index contributed by atoms with van der Waals surface area (Å²) in [6.45, 7) is 2.19. The van der Waals surface area contributed by atoms with Gasteiger partial charge in [0.2, 0.25) is 5.91 Å². The van der Waals surface area contributed by atoms with E-state index in [1.165, 1.54) is 31.0 Å². The number of rotatable bonds is 6. The van der Waals surface area contributed by atoms with Gasteiger partial charge >= 0.3 is 5.97 Å². The molecule has 0 aromatic heterocycles. The first-order chi connectivity index (χ1) is 9.13. The predicted octanol–water partition coefficient (Wildman–Crippen LogP) is 1.18. The minimum absolute atomic E-state index is 0.179. The van der Waals surface area contributed by atoms with Crippen LogP contribution in [0.25, 0.3) is 0 Å². The Morgan fingerprint density at radius 2 is 1.79 bits per heavy atom. The number of nitrogens with one attached hydrogen (secondary N) is 1. The van der Waals surface area contributed by atoms with Crippen LogP contribution in [0.4, 0.5) is 0 Å². The Balaban J connectivity index is 2.37. The van der Waals surface area contributed by atoms with Gasteiger partial charge in [0.15, 0.2) is 0 Å². The SMILES string of the molecule is CSC[C@H](NC(=O)CN1CCCCCCC1)C(=O)O. The van der Waals surface area contributed by atoms with Gasteiger partial charge in [0, 0.05) is 5.75 Å². The molecular weight excluding hydrogens is 264 g/mol. The number of likely N-dealkylation sites (tertiary alicyclic amines) is 1. The van der Waals surface area contributed by atoms with Gasteiger partial charge < -0.3 is 10.4 Å². The highest BCUT2D eigenvalue weighted by molar-refractivity contribution is 7.98. The monoisotopic (exact) mass is 288 g/mol. The first-order valence-electron chi connectivity index (χ1n) is 6.87. The van der Waals surface area contributed by atoms with Crippen LogP contribution < -0.4 is 5.32 Å². The second-order valence-corrected chi connectivity index (χ2v) is 5.87. The van der Waals surface area contributed by atoms with Crippen molar-refractivity contribution >= 4 is 23.6 Å². The molecule has 0 bridgehead atoms. The van der Waals surface area contributed by atoms with E-state index < -0.39 is 12.0 Å². The van der Waals surface area contributed by atoms with Crippen molar-refractivity contribution in [1.82, 2.24) is 10.2 Å². The molecule has 1 aliphatic heterocycles. The average Bonchev–Trinajstić information content (AvgIpc) is 2.31. The second kappa shape index (κ2) is 9.20. The molecule has 0 unspecified atom stereocenters. The van der Waals surface area contributed by atoms with Crippen molar-refractivity contribution in [1.29, 1.82) is 0 Å². The first-order valence-corrected chi connectivity index (χ1v) is 8.26. The van der Waals surface area contributed by atoms with E-state index in [9.17, 15) is 9.59 Å². The smallest absolute Gasteiger partial charge is 0.327 e. The number of carbonyl (C=O) groups excluding carboxylic acids is 1. The molecule has 0 aromatic rings. The molecule has 1 atom stereocenters. The van der Waals surface area contributed by atoms with Crippen molar-refractivity contribution in [2.75, 3.05) is 31.6 Å². The van der Waals surface area contributed by atoms with Crippen molar-refractivity contribution < 1.29 is 14.7 Å². The Morgan fingerprint density at radius 1 is 1.21 bits per heavy atom. The lowest BCUT2D eigenvalue weighted by Gasteiger charge is -2.24. The number of amides is 1. The van der Waals surface area contributed by atoms with E-state index >= 15 is 0 Å². The fourth-order valence-electron chi connectivity index (χ4n) is 2.26. The molecule has 2 N–H and O–H groups in total. The van der Waals surface area contributed by atoms with Gasteiger partial charge in [0.25, 0.3) is 0 Å². The summed E-state index contributed by atoms with van der Waals surface area (Å²) in [4.78, 5) is 25.0. The molecule has 0 radical (unpaired) electrons. The minimum atomic E-state index is -0.963. The van der Waals surface area contributed by atoms with E-state index in [1.807, 2.05) is 6.26 Å². The number of aliphatic carboxylic acids is 1. The lowest BCUT2D eigenvalue weighted by Crippen LogP contribution is -2.47. The van der Waals surface area contributed by atoms with Gasteiger partial charge in [-0.15, -0.1) is 0 Å². The number of carboxylic acids is 1. The molecule has 1 saturated heterocycles. The van der Waals surface area contributed by atoms with Gasteiger partial charge in [-0.05, 0) is 32.2 Å². The predicted molar refractivity (Wildman–Crippen MR) is 77.5 cm³/mol. The lowest BCUT2D eigenvalue weighted by molar-refractivity contribution is -0.141. The highest BCUT2D eigenvalue weighted by atomic mass is 32.2. The summed E-state index contributed by atoms with van der Waals surface area (Å²) < 4.78 is 0. The van der Waals surface area contributed by atoms with Crippen molar-refractivity contribution in [3.8, 4) is 0 Å². The van der Waals surface area contributed by atoms with Crippen LogP contribution in [-0.2, 0) is 9.59 Å². The van der Waals surface area contributed by atoms with Crippen LogP contribution in [0.1, 0.15) is 32.1 Å². The maximum Gasteiger partial charge on any atom is 0.327 e. The van der Waals surface area contributed by atoms with Crippen molar-refractivity contribution in [2.45, 2.75) is 38.1 Å². The summed E-state index contributed by atoms with van der Waals surface area (Å²) in [6.07, 6.45) is 7.82. The third-order valence-corrected chi connectivity index (χ3v) is 3.95. The number of hydrogen-bond acceptors (Lipinski definition) is 4. The Labute approximate surface area is 119 Å². The second-order valence-electron chi connectivity index (χ2n) is 4.96. The van der Waals surface area contributed by atoms with E-state index in [0.29, 0.717) is 12.3 Å². The topological polar surface area (TPSA) is 69.6 Å². The molecule has 110 valence electrons. The maximum absolute atomic E-state index is 11.9. The van der Waals surface area contributed by atoms with Gasteiger partial charge in [0.05, 0.1) is 6.54 Å². The van der Waals surface area contributed by atoms with Crippen LogP contribution in [0, 0.1) is 0 Å². The molecule has 1 amide bonds. The van der Waals surface area contributed by atoms with Crippen molar-refractivity contribution in [3.63, 3.8) is 0 Å². The minimum Gasteiger partial charge on any atom is -0.480 e. The number of nitrogens with zero attached hydrogens (tertiary/aromatic N) is 1. The number of thioether (sulfide) groups is 1. The average molecular weight is 288 g/mol. The summed E-state index contributed by atoms with van der Waals surface area (Å²) >= 11 is 1.42. The third-order valence-electron chi connectivity index (χ3n) is 3.28. The van der Waals surface area contributed by atoms with Crippen molar-refractivity contribution in [2.24, 2.45) is 0 Å². The summed E-state index contributed by atoms with van der Waals surface area (Å²) in [7, 11) is 0. The quantitative estimate of drug-likeness (QED) is 0.768. The molecule has 1 rings (SSSR count). The van der Waals surface area contributed by atoms with Crippen LogP contribution >= 0.6 is 11.8 Å². The highest BCUT2D eigenvalue weighted by Crippen LogP contribution is 2.10. The van der Waals surface area contributed by atoms with Gasteiger partial charge in [0.1, 0.15) is 6.04 Å².